The van der Waals surface area contributed by atoms with Gasteiger partial charge < -0.3 is 10.5 Å². The highest BCUT2D eigenvalue weighted by Crippen LogP contribution is 2.15. The van der Waals surface area contributed by atoms with E-state index in [-0.39, 0.29) is 12.1 Å². The molecule has 0 bridgehead atoms. The molecule has 0 aliphatic carbocycles. The molecule has 3 heteroatoms. The van der Waals surface area contributed by atoms with Gasteiger partial charge in [0.15, 0.2) is 0 Å². The van der Waals surface area contributed by atoms with Crippen LogP contribution in [0.3, 0.4) is 0 Å². The first-order valence-electron chi connectivity index (χ1n) is 4.13. The minimum absolute atomic E-state index is 0.114. The summed E-state index contributed by atoms with van der Waals surface area (Å²) < 4.78 is 13.0. The number of carbonyl (C=O) groups is 1. The predicted octanol–water partition coefficient (Wildman–Crippen LogP) is 1.66. The van der Waals surface area contributed by atoms with Crippen molar-refractivity contribution in [1.82, 2.24) is 0 Å². The van der Waals surface area contributed by atoms with E-state index in [1.165, 1.54) is 12.1 Å². The SMILES string of the molecule is Cc1cc(N)c(F)cc1C#CCC=O. The third-order valence-electron chi connectivity index (χ3n) is 1.75. The van der Waals surface area contributed by atoms with Crippen molar-refractivity contribution < 1.29 is 9.18 Å². The molecule has 0 atom stereocenters. The summed E-state index contributed by atoms with van der Waals surface area (Å²) in [6, 6.07) is 2.81. The number of nitrogen functional groups attached to an aromatic ring is 1. The molecular weight excluding hydrogens is 181 g/mol. The number of anilines is 1. The van der Waals surface area contributed by atoms with Crippen LogP contribution in [0.25, 0.3) is 0 Å². The third-order valence-corrected chi connectivity index (χ3v) is 1.75. The molecule has 0 fully saturated rings. The lowest BCUT2D eigenvalue weighted by atomic mass is 10.1. The molecule has 0 saturated heterocycles. The van der Waals surface area contributed by atoms with E-state index >= 15 is 0 Å². The van der Waals surface area contributed by atoms with Gasteiger partial charge in [-0.15, -0.1) is 0 Å². The third kappa shape index (κ3) is 2.33. The second-order valence-electron chi connectivity index (χ2n) is 2.86. The first kappa shape index (κ1) is 10.3. The Bertz CT molecular complexity index is 415. The number of aldehydes is 1. The summed E-state index contributed by atoms with van der Waals surface area (Å²) in [5.74, 6) is 4.84. The van der Waals surface area contributed by atoms with Crippen LogP contribution in [-0.2, 0) is 4.79 Å². The van der Waals surface area contributed by atoms with Crippen molar-refractivity contribution in [3.63, 3.8) is 0 Å². The topological polar surface area (TPSA) is 43.1 Å². The molecule has 0 aliphatic rings. The Labute approximate surface area is 81.9 Å². The zero-order valence-electron chi connectivity index (χ0n) is 7.80. The Hall–Kier alpha value is -1.82. The summed E-state index contributed by atoms with van der Waals surface area (Å²) in [6.07, 6.45) is 0.863. The molecule has 1 aromatic rings. The number of nitrogens with two attached hydrogens (primary N) is 1. The van der Waals surface area contributed by atoms with E-state index in [1.54, 1.807) is 6.92 Å². The molecule has 0 radical (unpaired) electrons. The molecule has 0 saturated carbocycles. The lowest BCUT2D eigenvalue weighted by Gasteiger charge is -2.01. The fourth-order valence-corrected chi connectivity index (χ4v) is 1.03. The minimum atomic E-state index is -0.481. The van der Waals surface area contributed by atoms with E-state index in [2.05, 4.69) is 11.8 Å². The highest BCUT2D eigenvalue weighted by molar-refractivity contribution is 5.56. The number of benzene rings is 1. The van der Waals surface area contributed by atoms with Crippen LogP contribution in [-0.4, -0.2) is 6.29 Å². The number of aryl methyl sites for hydroxylation is 1. The summed E-state index contributed by atoms with van der Waals surface area (Å²) in [6.45, 7) is 1.79. The van der Waals surface area contributed by atoms with E-state index in [9.17, 15) is 9.18 Å². The molecule has 0 heterocycles. The fraction of sp³-hybridized carbons (Fsp3) is 0.182. The summed E-state index contributed by atoms with van der Waals surface area (Å²) in [7, 11) is 0. The van der Waals surface area contributed by atoms with Crippen molar-refractivity contribution >= 4 is 12.0 Å². The Morgan fingerprint density at radius 2 is 2.29 bits per heavy atom. The molecule has 1 aromatic carbocycles. The normalized spacial score (nSPS) is 9.00. The van der Waals surface area contributed by atoms with Crippen LogP contribution < -0.4 is 5.73 Å². The zero-order chi connectivity index (χ0) is 10.6. The Kier molecular flexibility index (Phi) is 3.24. The van der Waals surface area contributed by atoms with Gasteiger partial charge in [-0.2, -0.15) is 0 Å². The average Bonchev–Trinajstić information content (AvgIpc) is 2.14. The lowest BCUT2D eigenvalue weighted by molar-refractivity contribution is -0.107. The van der Waals surface area contributed by atoms with Gasteiger partial charge in [-0.1, -0.05) is 11.8 Å². The van der Waals surface area contributed by atoms with Crippen molar-refractivity contribution in [1.29, 1.82) is 0 Å². The number of halogens is 1. The molecule has 1 rings (SSSR count). The van der Waals surface area contributed by atoms with E-state index in [1.807, 2.05) is 0 Å². The maximum Gasteiger partial charge on any atom is 0.147 e. The molecule has 72 valence electrons. The molecule has 0 aliphatic heterocycles. The second-order valence-corrected chi connectivity index (χ2v) is 2.86. The summed E-state index contributed by atoms with van der Waals surface area (Å²) in [5, 5.41) is 0. The quantitative estimate of drug-likeness (QED) is 0.416. The van der Waals surface area contributed by atoms with Crippen molar-refractivity contribution in [2.75, 3.05) is 5.73 Å². The summed E-state index contributed by atoms with van der Waals surface area (Å²) in [4.78, 5) is 10.0. The van der Waals surface area contributed by atoms with Crippen molar-refractivity contribution in [2.24, 2.45) is 0 Å². The molecular formula is C11H10FNO. The Balaban J connectivity index is 3.05. The molecule has 2 nitrogen and oxygen atoms in total. The Morgan fingerprint density at radius 3 is 2.93 bits per heavy atom. The average molecular weight is 191 g/mol. The summed E-state index contributed by atoms with van der Waals surface area (Å²) in [5.41, 5.74) is 6.86. The number of carbonyl (C=O) groups excluding carboxylic acids is 1. The van der Waals surface area contributed by atoms with Gasteiger partial charge in [0.1, 0.15) is 12.1 Å². The molecule has 0 spiro atoms. The van der Waals surface area contributed by atoms with E-state index < -0.39 is 5.82 Å². The van der Waals surface area contributed by atoms with Gasteiger partial charge in [0, 0.05) is 5.56 Å². The van der Waals surface area contributed by atoms with Crippen molar-refractivity contribution in [3.8, 4) is 11.8 Å². The standard InChI is InChI=1S/C11H10FNO/c1-8-6-11(13)10(12)7-9(8)4-2-3-5-14/h5-7H,3,13H2,1H3. The van der Waals surface area contributed by atoms with Crippen molar-refractivity contribution in [3.05, 3.63) is 29.1 Å². The minimum Gasteiger partial charge on any atom is -0.396 e. The number of hydrogen-bond donors (Lipinski definition) is 1. The first-order chi connectivity index (χ1) is 6.65. The van der Waals surface area contributed by atoms with Crippen LogP contribution in [0.2, 0.25) is 0 Å². The highest BCUT2D eigenvalue weighted by Gasteiger charge is 2.01. The van der Waals surface area contributed by atoms with E-state index in [0.29, 0.717) is 11.8 Å². The van der Waals surface area contributed by atoms with Gasteiger partial charge >= 0.3 is 0 Å². The highest BCUT2D eigenvalue weighted by atomic mass is 19.1. The monoisotopic (exact) mass is 191 g/mol. The van der Waals surface area contributed by atoms with Crippen molar-refractivity contribution in [2.45, 2.75) is 13.3 Å². The second kappa shape index (κ2) is 4.43. The van der Waals surface area contributed by atoms with Gasteiger partial charge in [-0.3, -0.25) is 0 Å². The van der Waals surface area contributed by atoms with Crippen LogP contribution in [0.15, 0.2) is 12.1 Å². The lowest BCUT2D eigenvalue weighted by Crippen LogP contribution is -1.93. The molecule has 0 aromatic heterocycles. The predicted molar refractivity (Wildman–Crippen MR) is 53.1 cm³/mol. The van der Waals surface area contributed by atoms with Crippen LogP contribution in [0.4, 0.5) is 10.1 Å². The van der Waals surface area contributed by atoms with E-state index in [0.717, 1.165) is 5.56 Å². The number of rotatable bonds is 1. The van der Waals surface area contributed by atoms with Crippen LogP contribution >= 0.6 is 0 Å². The van der Waals surface area contributed by atoms with Gasteiger partial charge in [-0.05, 0) is 24.6 Å². The smallest absolute Gasteiger partial charge is 0.147 e. The summed E-state index contributed by atoms with van der Waals surface area (Å²) >= 11 is 0. The Morgan fingerprint density at radius 1 is 1.57 bits per heavy atom. The van der Waals surface area contributed by atoms with E-state index in [4.69, 9.17) is 5.73 Å². The van der Waals surface area contributed by atoms with Crippen LogP contribution in [0, 0.1) is 24.6 Å². The zero-order valence-corrected chi connectivity index (χ0v) is 7.80. The largest absolute Gasteiger partial charge is 0.396 e. The van der Waals surface area contributed by atoms with Gasteiger partial charge in [-0.25, -0.2) is 4.39 Å². The maximum absolute atomic E-state index is 13.0. The van der Waals surface area contributed by atoms with Crippen LogP contribution in [0.1, 0.15) is 17.5 Å². The van der Waals surface area contributed by atoms with Gasteiger partial charge in [0.2, 0.25) is 0 Å². The first-order valence-corrected chi connectivity index (χ1v) is 4.13. The van der Waals surface area contributed by atoms with Crippen LogP contribution in [0.5, 0.6) is 0 Å². The molecule has 2 N–H and O–H groups in total. The molecule has 14 heavy (non-hydrogen) atoms. The molecule has 0 unspecified atom stereocenters. The molecule has 0 amide bonds. The van der Waals surface area contributed by atoms with Gasteiger partial charge in [0.05, 0.1) is 12.1 Å². The fourth-order valence-electron chi connectivity index (χ4n) is 1.03. The maximum atomic E-state index is 13.0. The number of hydrogen-bond acceptors (Lipinski definition) is 2. The van der Waals surface area contributed by atoms with Gasteiger partial charge in [0.25, 0.3) is 0 Å².